The first-order chi connectivity index (χ1) is 9.71. The molecule has 2 rings (SSSR count). The summed E-state index contributed by atoms with van der Waals surface area (Å²) in [5, 5.41) is 4.28. The number of nitrogens with two attached hydrogens (primary N) is 1. The van der Waals surface area contributed by atoms with Gasteiger partial charge in [0.05, 0.1) is 17.9 Å². The van der Waals surface area contributed by atoms with Crippen LogP contribution in [-0.4, -0.2) is 22.9 Å². The smallest absolute Gasteiger partial charge is 0.146 e. The molecule has 0 aliphatic carbocycles. The van der Waals surface area contributed by atoms with E-state index in [1.54, 1.807) is 12.1 Å². The number of hydrogen-bond donors (Lipinski definition) is 1. The van der Waals surface area contributed by atoms with Gasteiger partial charge in [0.25, 0.3) is 0 Å². The molecule has 0 radical (unpaired) electrons. The van der Waals surface area contributed by atoms with Gasteiger partial charge in [-0.25, -0.2) is 4.39 Å². The summed E-state index contributed by atoms with van der Waals surface area (Å²) in [4.78, 5) is 1.98. The van der Waals surface area contributed by atoms with Gasteiger partial charge in [0.1, 0.15) is 5.82 Å². The highest BCUT2D eigenvalue weighted by molar-refractivity contribution is 5.50. The number of halogens is 1. The number of hydrogen-bond acceptors (Lipinski definition) is 3. The van der Waals surface area contributed by atoms with Crippen molar-refractivity contribution >= 4 is 5.69 Å². The van der Waals surface area contributed by atoms with Gasteiger partial charge in [-0.15, -0.1) is 0 Å². The fraction of sp³-hybridized carbons (Fsp3) is 0.400. The average molecular weight is 276 g/mol. The molecule has 0 saturated carbocycles. The normalized spacial score (nSPS) is 12.4. The number of likely N-dealkylation sites (N-methyl/N-ethyl adjacent to an activating group) is 1. The Kier molecular flexibility index (Phi) is 4.74. The van der Waals surface area contributed by atoms with Crippen LogP contribution in [0.1, 0.15) is 25.5 Å². The average Bonchev–Trinajstić information content (AvgIpc) is 2.94. The number of nitrogens with zero attached hydrogens (tertiary/aromatic N) is 3. The molecule has 5 heteroatoms. The summed E-state index contributed by atoms with van der Waals surface area (Å²) in [6.45, 7) is 5.93. The van der Waals surface area contributed by atoms with Gasteiger partial charge in [0.15, 0.2) is 0 Å². The number of aryl methyl sites for hydroxylation is 1. The Hall–Kier alpha value is -1.88. The van der Waals surface area contributed by atoms with Crippen LogP contribution in [0.3, 0.4) is 0 Å². The molecule has 0 bridgehead atoms. The molecule has 1 aromatic carbocycles. The lowest BCUT2D eigenvalue weighted by Crippen LogP contribution is -2.34. The molecular formula is C15H21FN4. The zero-order valence-corrected chi connectivity index (χ0v) is 12.0. The predicted molar refractivity (Wildman–Crippen MR) is 79.1 cm³/mol. The maximum atomic E-state index is 14.0. The minimum absolute atomic E-state index is 0.0720. The Labute approximate surface area is 119 Å². The molecule has 1 atom stereocenters. The van der Waals surface area contributed by atoms with Crippen LogP contribution in [0.4, 0.5) is 10.1 Å². The third-order valence-corrected chi connectivity index (χ3v) is 3.46. The van der Waals surface area contributed by atoms with Crippen LogP contribution in [-0.2, 0) is 6.54 Å². The second-order valence-corrected chi connectivity index (χ2v) is 4.62. The molecule has 0 spiro atoms. The summed E-state index contributed by atoms with van der Waals surface area (Å²) in [5.41, 5.74) is 7.51. The second kappa shape index (κ2) is 6.52. The SMILES string of the molecule is CCN(c1ccccc1F)C(CN)c1cnn(CC)c1. The molecule has 108 valence electrons. The number of para-hydroxylation sites is 1. The van der Waals surface area contributed by atoms with Crippen LogP contribution in [0.2, 0.25) is 0 Å². The minimum Gasteiger partial charge on any atom is -0.361 e. The van der Waals surface area contributed by atoms with Crippen molar-refractivity contribution in [3.8, 4) is 0 Å². The highest BCUT2D eigenvalue weighted by atomic mass is 19.1. The van der Waals surface area contributed by atoms with Gasteiger partial charge in [0.2, 0.25) is 0 Å². The quantitative estimate of drug-likeness (QED) is 0.882. The summed E-state index contributed by atoms with van der Waals surface area (Å²) in [5.74, 6) is -0.226. The van der Waals surface area contributed by atoms with Crippen LogP contribution >= 0.6 is 0 Å². The fourth-order valence-corrected chi connectivity index (χ4v) is 2.41. The van der Waals surface area contributed by atoms with Crippen molar-refractivity contribution in [2.75, 3.05) is 18.0 Å². The van der Waals surface area contributed by atoms with E-state index >= 15 is 0 Å². The maximum absolute atomic E-state index is 14.0. The predicted octanol–water partition coefficient (Wildman–Crippen LogP) is 2.57. The molecule has 0 amide bonds. The van der Waals surface area contributed by atoms with Crippen LogP contribution in [0.5, 0.6) is 0 Å². The highest BCUT2D eigenvalue weighted by Crippen LogP contribution is 2.28. The molecule has 0 fully saturated rings. The van der Waals surface area contributed by atoms with Crippen molar-refractivity contribution in [3.63, 3.8) is 0 Å². The summed E-state index contributed by atoms with van der Waals surface area (Å²) in [7, 11) is 0. The molecule has 1 unspecified atom stereocenters. The Bertz CT molecular complexity index is 552. The van der Waals surface area contributed by atoms with E-state index in [1.165, 1.54) is 6.07 Å². The number of benzene rings is 1. The third kappa shape index (κ3) is 2.82. The Balaban J connectivity index is 2.35. The Morgan fingerprint density at radius 2 is 2.10 bits per heavy atom. The highest BCUT2D eigenvalue weighted by Gasteiger charge is 2.21. The topological polar surface area (TPSA) is 47.1 Å². The van der Waals surface area contributed by atoms with Crippen molar-refractivity contribution < 1.29 is 4.39 Å². The van der Waals surface area contributed by atoms with Gasteiger partial charge in [-0.05, 0) is 26.0 Å². The minimum atomic E-state index is -0.226. The van der Waals surface area contributed by atoms with Crippen LogP contribution in [0.15, 0.2) is 36.7 Å². The molecule has 4 nitrogen and oxygen atoms in total. The first-order valence-corrected chi connectivity index (χ1v) is 6.94. The van der Waals surface area contributed by atoms with Crippen molar-refractivity contribution in [1.82, 2.24) is 9.78 Å². The fourth-order valence-electron chi connectivity index (χ4n) is 2.41. The first-order valence-electron chi connectivity index (χ1n) is 6.94. The maximum Gasteiger partial charge on any atom is 0.146 e. The molecular weight excluding hydrogens is 255 g/mol. The van der Waals surface area contributed by atoms with Crippen molar-refractivity contribution in [3.05, 3.63) is 48.0 Å². The molecule has 2 aromatic rings. The van der Waals surface area contributed by atoms with E-state index in [4.69, 9.17) is 5.73 Å². The lowest BCUT2D eigenvalue weighted by Gasteiger charge is -2.31. The van der Waals surface area contributed by atoms with E-state index in [9.17, 15) is 4.39 Å². The molecule has 20 heavy (non-hydrogen) atoms. The monoisotopic (exact) mass is 276 g/mol. The lowest BCUT2D eigenvalue weighted by molar-refractivity contribution is 0.587. The largest absolute Gasteiger partial charge is 0.361 e. The number of rotatable bonds is 6. The Morgan fingerprint density at radius 1 is 1.35 bits per heavy atom. The lowest BCUT2D eigenvalue weighted by atomic mass is 10.1. The Morgan fingerprint density at radius 3 is 2.65 bits per heavy atom. The molecule has 1 aromatic heterocycles. The van der Waals surface area contributed by atoms with Gasteiger partial charge < -0.3 is 10.6 Å². The third-order valence-electron chi connectivity index (χ3n) is 3.46. The van der Waals surface area contributed by atoms with E-state index < -0.39 is 0 Å². The van der Waals surface area contributed by atoms with Gasteiger partial charge in [-0.2, -0.15) is 5.10 Å². The van der Waals surface area contributed by atoms with E-state index in [-0.39, 0.29) is 11.9 Å². The van der Waals surface area contributed by atoms with Crippen molar-refractivity contribution in [2.24, 2.45) is 5.73 Å². The zero-order valence-electron chi connectivity index (χ0n) is 12.0. The van der Waals surface area contributed by atoms with Gasteiger partial charge in [-0.3, -0.25) is 4.68 Å². The van der Waals surface area contributed by atoms with Crippen LogP contribution in [0.25, 0.3) is 0 Å². The van der Waals surface area contributed by atoms with Gasteiger partial charge >= 0.3 is 0 Å². The van der Waals surface area contributed by atoms with Crippen LogP contribution in [0, 0.1) is 5.82 Å². The zero-order chi connectivity index (χ0) is 14.5. The van der Waals surface area contributed by atoms with E-state index in [2.05, 4.69) is 5.10 Å². The summed E-state index contributed by atoms with van der Waals surface area (Å²) < 4.78 is 15.9. The molecule has 0 aliphatic heterocycles. The van der Waals surface area contributed by atoms with Crippen molar-refractivity contribution in [2.45, 2.75) is 26.4 Å². The summed E-state index contributed by atoms with van der Waals surface area (Å²) in [6.07, 6.45) is 3.78. The van der Waals surface area contributed by atoms with Crippen molar-refractivity contribution in [1.29, 1.82) is 0 Å². The molecule has 2 N–H and O–H groups in total. The molecule has 1 heterocycles. The summed E-state index contributed by atoms with van der Waals surface area (Å²) >= 11 is 0. The number of aromatic nitrogens is 2. The van der Waals surface area contributed by atoms with E-state index in [1.807, 2.05) is 41.9 Å². The number of anilines is 1. The second-order valence-electron chi connectivity index (χ2n) is 4.62. The van der Waals surface area contributed by atoms with E-state index in [0.717, 1.165) is 12.1 Å². The molecule has 0 aliphatic rings. The first kappa shape index (κ1) is 14.5. The van der Waals surface area contributed by atoms with Crippen LogP contribution < -0.4 is 10.6 Å². The van der Waals surface area contributed by atoms with Gasteiger partial charge in [0, 0.05) is 31.4 Å². The van der Waals surface area contributed by atoms with E-state index in [0.29, 0.717) is 18.8 Å². The van der Waals surface area contributed by atoms with Gasteiger partial charge in [-0.1, -0.05) is 12.1 Å². The molecule has 0 saturated heterocycles. The summed E-state index contributed by atoms with van der Waals surface area (Å²) in [6, 6.07) is 6.72. The standard InChI is InChI=1S/C15H21FN4/c1-3-19-11-12(10-18-19)15(9-17)20(4-2)14-8-6-5-7-13(14)16/h5-8,10-11,15H,3-4,9,17H2,1-2H3.